The van der Waals surface area contributed by atoms with Crippen LogP contribution in [0.5, 0.6) is 0 Å². The number of hydrogen-bond donors (Lipinski definition) is 0. The van der Waals surface area contributed by atoms with Crippen molar-refractivity contribution < 1.29 is 13.6 Å². The molecule has 0 unspecified atom stereocenters. The topological polar surface area (TPSA) is 17.1 Å². The maximum Gasteiger partial charge on any atom is 0.129 e. The summed E-state index contributed by atoms with van der Waals surface area (Å²) < 4.78 is 25.6. The largest absolute Gasteiger partial charge is 0.234 e. The van der Waals surface area contributed by atoms with Gasteiger partial charge in [-0.2, -0.15) is 0 Å². The van der Waals surface area contributed by atoms with Gasteiger partial charge in [-0.15, -0.1) is 0 Å². The molecule has 0 aliphatic rings. The van der Waals surface area contributed by atoms with Gasteiger partial charge < -0.3 is 0 Å². The zero-order valence-corrected chi connectivity index (χ0v) is 6.18. The molecule has 0 spiro atoms. The second-order valence-corrected chi connectivity index (χ2v) is 2.23. The Labute approximate surface area is 68.3 Å². The zero-order chi connectivity index (χ0) is 8.97. The van der Waals surface area contributed by atoms with E-state index in [1.807, 2.05) is 0 Å². The fraction of sp³-hybridized carbons (Fsp3) is 0.111. The number of allylic oxidation sites excluding steroid dienone is 1. The molecule has 0 aliphatic carbocycles. The number of rotatable bonds is 2. The van der Waals surface area contributed by atoms with Gasteiger partial charge in [0.2, 0.25) is 0 Å². The summed E-state index contributed by atoms with van der Waals surface area (Å²) in [6, 6.07) is 3.58. The van der Waals surface area contributed by atoms with E-state index in [9.17, 15) is 13.6 Å². The van der Waals surface area contributed by atoms with Crippen LogP contribution in [0, 0.1) is 11.6 Å². The monoisotopic (exact) mass is 168 g/mol. The third kappa shape index (κ3) is 1.77. The number of halogens is 2. The first-order chi connectivity index (χ1) is 5.75. The second kappa shape index (κ2) is 3.79. The summed E-state index contributed by atoms with van der Waals surface area (Å²) in [4.78, 5) is 9.78. The molecule has 0 atom stereocenters. The fourth-order valence-electron chi connectivity index (χ4n) is 0.871. The predicted molar refractivity (Wildman–Crippen MR) is 40.3 cm³/mol. The molecule has 0 radical (unpaired) electrons. The molecule has 1 aromatic carbocycles. The highest BCUT2D eigenvalue weighted by atomic mass is 19.1. The third-order valence-corrected chi connectivity index (χ3v) is 1.45. The Morgan fingerprint density at radius 1 is 1.33 bits per heavy atom. The van der Waals surface area contributed by atoms with Gasteiger partial charge in [0.05, 0.1) is 0 Å². The van der Waals surface area contributed by atoms with Crippen LogP contribution in [-0.4, -0.2) is 5.94 Å². The van der Waals surface area contributed by atoms with Gasteiger partial charge in [-0.1, -0.05) is 6.07 Å². The summed E-state index contributed by atoms with van der Waals surface area (Å²) >= 11 is 0. The van der Waals surface area contributed by atoms with Crippen LogP contribution in [0.1, 0.15) is 5.56 Å². The van der Waals surface area contributed by atoms with Crippen molar-refractivity contribution in [3.8, 4) is 0 Å². The summed E-state index contributed by atoms with van der Waals surface area (Å²) in [6.07, 6.45) is 0.990. The minimum atomic E-state index is -0.637. The Morgan fingerprint density at radius 3 is 2.42 bits per heavy atom. The minimum Gasteiger partial charge on any atom is -0.234 e. The molecule has 0 bridgehead atoms. The molecule has 0 saturated carbocycles. The van der Waals surface area contributed by atoms with E-state index in [-0.39, 0.29) is 12.0 Å². The summed E-state index contributed by atoms with van der Waals surface area (Å²) in [6.45, 7) is 0. The maximum absolute atomic E-state index is 12.8. The van der Waals surface area contributed by atoms with Crippen LogP contribution in [0.2, 0.25) is 0 Å². The quantitative estimate of drug-likeness (QED) is 0.616. The lowest BCUT2D eigenvalue weighted by Gasteiger charge is -1.98. The van der Waals surface area contributed by atoms with Gasteiger partial charge >= 0.3 is 0 Å². The van der Waals surface area contributed by atoms with Gasteiger partial charge in [0.25, 0.3) is 0 Å². The standard InChI is InChI=1S/C9H6F2O/c10-8-4-1-5-9(11)7(8)3-2-6-12/h1-2,4-5H,3H2. The first-order valence-corrected chi connectivity index (χ1v) is 3.38. The maximum atomic E-state index is 12.8. The molecule has 0 amide bonds. The third-order valence-electron chi connectivity index (χ3n) is 1.45. The molecule has 1 nitrogen and oxygen atoms in total. The number of benzene rings is 1. The molecule has 0 aliphatic heterocycles. The normalized spacial score (nSPS) is 9.17. The predicted octanol–water partition coefficient (Wildman–Crippen LogP) is 1.90. The van der Waals surface area contributed by atoms with Gasteiger partial charge in [0, 0.05) is 18.1 Å². The average Bonchev–Trinajstić information content (AvgIpc) is 2.04. The second-order valence-electron chi connectivity index (χ2n) is 2.23. The lowest BCUT2D eigenvalue weighted by atomic mass is 10.1. The van der Waals surface area contributed by atoms with E-state index in [0.29, 0.717) is 0 Å². The minimum absolute atomic E-state index is 0.0536. The highest BCUT2D eigenvalue weighted by Gasteiger charge is 2.05. The lowest BCUT2D eigenvalue weighted by Crippen LogP contribution is -1.92. The Kier molecular flexibility index (Phi) is 2.72. The Bertz CT molecular complexity index is 307. The van der Waals surface area contributed by atoms with Crippen LogP contribution < -0.4 is 0 Å². The molecule has 3 heteroatoms. The van der Waals surface area contributed by atoms with E-state index in [0.717, 1.165) is 18.2 Å². The van der Waals surface area contributed by atoms with Gasteiger partial charge in [0.15, 0.2) is 0 Å². The van der Waals surface area contributed by atoms with Crippen molar-refractivity contribution >= 4 is 5.94 Å². The summed E-state index contributed by atoms with van der Waals surface area (Å²) in [5.41, 5.74) is -0.0964. The van der Waals surface area contributed by atoms with E-state index in [2.05, 4.69) is 0 Å². The van der Waals surface area contributed by atoms with Gasteiger partial charge in [-0.3, -0.25) is 0 Å². The average molecular weight is 168 g/mol. The van der Waals surface area contributed by atoms with Crippen molar-refractivity contribution in [2.75, 3.05) is 0 Å². The smallest absolute Gasteiger partial charge is 0.129 e. The van der Waals surface area contributed by atoms with E-state index < -0.39 is 11.6 Å². The highest BCUT2D eigenvalue weighted by Crippen LogP contribution is 2.12. The van der Waals surface area contributed by atoms with Gasteiger partial charge in [-0.05, 0) is 12.1 Å². The van der Waals surface area contributed by atoms with Crippen LogP contribution in [0.4, 0.5) is 8.78 Å². The molecule has 1 rings (SSSR count). The van der Waals surface area contributed by atoms with Gasteiger partial charge in [-0.25, -0.2) is 13.6 Å². The summed E-state index contributed by atoms with van der Waals surface area (Å²) in [5, 5.41) is 0. The van der Waals surface area contributed by atoms with Crippen LogP contribution in [0.25, 0.3) is 0 Å². The molecule has 1 aromatic rings. The molecule has 0 fully saturated rings. The van der Waals surface area contributed by atoms with E-state index in [4.69, 9.17) is 0 Å². The first-order valence-electron chi connectivity index (χ1n) is 3.38. The molecule has 0 N–H and O–H groups in total. The molecular formula is C9H6F2O. The van der Waals surface area contributed by atoms with Crippen LogP contribution in [0.3, 0.4) is 0 Å². The molecule has 62 valence electrons. The lowest BCUT2D eigenvalue weighted by molar-refractivity contribution is 0.560. The van der Waals surface area contributed by atoms with E-state index in [1.165, 1.54) is 12.0 Å². The van der Waals surface area contributed by atoms with Crippen molar-refractivity contribution in [3.05, 3.63) is 41.5 Å². The van der Waals surface area contributed by atoms with Crippen LogP contribution >= 0.6 is 0 Å². The molecule has 0 heterocycles. The summed E-state index contributed by atoms with van der Waals surface area (Å²) in [5.74, 6) is 0.187. The summed E-state index contributed by atoms with van der Waals surface area (Å²) in [7, 11) is 0. The Balaban J connectivity index is 3.03. The van der Waals surface area contributed by atoms with Crippen molar-refractivity contribution in [3.63, 3.8) is 0 Å². The number of hydrogen-bond acceptors (Lipinski definition) is 1. The first kappa shape index (κ1) is 8.62. The SMILES string of the molecule is O=C=CCc1c(F)cccc1F. The van der Waals surface area contributed by atoms with E-state index >= 15 is 0 Å². The number of carbonyl (C=O) groups excluding carboxylic acids is 1. The Hall–Kier alpha value is -1.47. The van der Waals surface area contributed by atoms with Gasteiger partial charge in [0.1, 0.15) is 17.6 Å². The van der Waals surface area contributed by atoms with Crippen molar-refractivity contribution in [2.24, 2.45) is 0 Å². The molecule has 0 aromatic heterocycles. The molecule has 12 heavy (non-hydrogen) atoms. The fourth-order valence-corrected chi connectivity index (χ4v) is 0.871. The van der Waals surface area contributed by atoms with Crippen molar-refractivity contribution in [2.45, 2.75) is 6.42 Å². The van der Waals surface area contributed by atoms with Crippen molar-refractivity contribution in [1.82, 2.24) is 0 Å². The highest BCUT2D eigenvalue weighted by molar-refractivity contribution is 5.46. The molecular weight excluding hydrogens is 162 g/mol. The van der Waals surface area contributed by atoms with Crippen LogP contribution in [-0.2, 0) is 11.2 Å². The van der Waals surface area contributed by atoms with Crippen molar-refractivity contribution in [1.29, 1.82) is 0 Å². The van der Waals surface area contributed by atoms with E-state index in [1.54, 1.807) is 0 Å². The molecule has 0 saturated heterocycles. The Morgan fingerprint density at radius 2 is 1.92 bits per heavy atom. The zero-order valence-electron chi connectivity index (χ0n) is 6.18. The van der Waals surface area contributed by atoms with Crippen LogP contribution in [0.15, 0.2) is 24.3 Å².